The van der Waals surface area contributed by atoms with E-state index in [1.807, 2.05) is 0 Å². The molecule has 1 N–H and O–H groups in total. The van der Waals surface area contributed by atoms with Crippen molar-refractivity contribution >= 4 is 17.5 Å². The minimum atomic E-state index is -0.610. The Morgan fingerprint density at radius 1 is 1.33 bits per heavy atom. The van der Waals surface area contributed by atoms with E-state index in [4.69, 9.17) is 11.6 Å². The molecule has 3 rings (SSSR count). The van der Waals surface area contributed by atoms with Crippen LogP contribution in [0.25, 0.3) is 0 Å². The lowest BCUT2D eigenvalue weighted by Gasteiger charge is -2.31. The highest BCUT2D eigenvalue weighted by Gasteiger charge is 2.27. The van der Waals surface area contributed by atoms with Gasteiger partial charge in [-0.05, 0) is 38.0 Å². The third kappa shape index (κ3) is 3.48. The zero-order valence-electron chi connectivity index (χ0n) is 13.2. The number of rotatable bonds is 2. The summed E-state index contributed by atoms with van der Waals surface area (Å²) in [6.45, 7) is 2.74. The zero-order chi connectivity index (χ0) is 17.3. The molecule has 126 valence electrons. The quantitative estimate of drug-likeness (QED) is 0.906. The minimum Gasteiger partial charge on any atom is -0.339 e. The summed E-state index contributed by atoms with van der Waals surface area (Å²) in [4.78, 5) is 32.6. The van der Waals surface area contributed by atoms with Crippen molar-refractivity contribution in [2.45, 2.75) is 25.7 Å². The Kier molecular flexibility index (Phi) is 4.66. The predicted octanol–water partition coefficient (Wildman–Crippen LogP) is 2.89. The maximum Gasteiger partial charge on any atom is 0.256 e. The van der Waals surface area contributed by atoms with Gasteiger partial charge in [-0.3, -0.25) is 9.59 Å². The summed E-state index contributed by atoms with van der Waals surface area (Å²) in [6.07, 6.45) is 1.38. The molecule has 0 aliphatic carbocycles. The van der Waals surface area contributed by atoms with Gasteiger partial charge in [0.15, 0.2) is 0 Å². The van der Waals surface area contributed by atoms with E-state index in [1.54, 1.807) is 11.8 Å². The van der Waals surface area contributed by atoms with E-state index in [1.165, 1.54) is 18.2 Å². The molecule has 0 radical (unpaired) electrons. The second kappa shape index (κ2) is 6.73. The number of hydrogen-bond acceptors (Lipinski definition) is 3. The fraction of sp³-hybridized carbons (Fsp3) is 0.353. The van der Waals surface area contributed by atoms with Crippen molar-refractivity contribution < 1.29 is 9.18 Å². The van der Waals surface area contributed by atoms with E-state index in [9.17, 15) is 14.0 Å². The third-order valence-corrected chi connectivity index (χ3v) is 4.48. The van der Waals surface area contributed by atoms with Gasteiger partial charge in [-0.25, -0.2) is 9.37 Å². The van der Waals surface area contributed by atoms with Crippen LogP contribution in [0.4, 0.5) is 4.39 Å². The summed E-state index contributed by atoms with van der Waals surface area (Å²) in [5.74, 6) is -0.233. The number of nitrogens with zero attached hydrogens (tertiary/aromatic N) is 2. The molecule has 5 nitrogen and oxygen atoms in total. The average molecular weight is 350 g/mol. The van der Waals surface area contributed by atoms with Gasteiger partial charge in [0.25, 0.3) is 11.5 Å². The lowest BCUT2D eigenvalue weighted by atomic mass is 9.93. The Balaban J connectivity index is 1.70. The maximum atomic E-state index is 13.9. The molecule has 1 aliphatic rings. The molecule has 0 atom stereocenters. The molecule has 1 aliphatic heterocycles. The van der Waals surface area contributed by atoms with Crippen LogP contribution in [0.1, 0.15) is 40.6 Å². The number of H-pyrrole nitrogens is 1. The van der Waals surface area contributed by atoms with E-state index in [2.05, 4.69) is 9.97 Å². The van der Waals surface area contributed by atoms with E-state index in [0.29, 0.717) is 31.8 Å². The van der Waals surface area contributed by atoms with E-state index in [0.717, 1.165) is 11.8 Å². The Labute approximate surface area is 143 Å². The first kappa shape index (κ1) is 16.6. The van der Waals surface area contributed by atoms with Gasteiger partial charge in [0.1, 0.15) is 11.6 Å². The summed E-state index contributed by atoms with van der Waals surface area (Å²) in [5.41, 5.74) is 0.614. The molecule has 1 saturated heterocycles. The number of piperidine rings is 1. The SMILES string of the molecule is Cc1nc(C2CCN(C(=O)c3ccc(Cl)cc3F)CC2)cc(=O)[nH]1. The Hall–Kier alpha value is -2.21. The predicted molar refractivity (Wildman–Crippen MR) is 88.9 cm³/mol. The number of aryl methyl sites for hydroxylation is 1. The molecule has 24 heavy (non-hydrogen) atoms. The highest BCUT2D eigenvalue weighted by Crippen LogP contribution is 2.27. The molecular formula is C17H17ClFN3O2. The fourth-order valence-corrected chi connectivity index (χ4v) is 3.18. The summed E-state index contributed by atoms with van der Waals surface area (Å²) in [7, 11) is 0. The van der Waals surface area contributed by atoms with Gasteiger partial charge >= 0.3 is 0 Å². The van der Waals surface area contributed by atoms with Gasteiger partial charge in [0, 0.05) is 30.1 Å². The molecule has 0 bridgehead atoms. The van der Waals surface area contributed by atoms with Gasteiger partial charge in [0.2, 0.25) is 0 Å². The summed E-state index contributed by atoms with van der Waals surface area (Å²) >= 11 is 5.72. The van der Waals surface area contributed by atoms with E-state index in [-0.39, 0.29) is 28.0 Å². The number of likely N-dealkylation sites (tertiary alicyclic amines) is 1. The summed E-state index contributed by atoms with van der Waals surface area (Å²) < 4.78 is 13.9. The van der Waals surface area contributed by atoms with Gasteiger partial charge in [-0.1, -0.05) is 11.6 Å². The summed E-state index contributed by atoms with van der Waals surface area (Å²) in [5, 5.41) is 0.263. The molecule has 1 amide bonds. The van der Waals surface area contributed by atoms with Crippen molar-refractivity contribution in [3.05, 3.63) is 62.5 Å². The largest absolute Gasteiger partial charge is 0.339 e. The van der Waals surface area contributed by atoms with E-state index < -0.39 is 5.82 Å². The van der Waals surface area contributed by atoms with Crippen LogP contribution in [0.3, 0.4) is 0 Å². The van der Waals surface area contributed by atoms with Gasteiger partial charge in [-0.15, -0.1) is 0 Å². The van der Waals surface area contributed by atoms with Crippen molar-refractivity contribution in [1.82, 2.24) is 14.9 Å². The Morgan fingerprint density at radius 3 is 2.67 bits per heavy atom. The highest BCUT2D eigenvalue weighted by atomic mass is 35.5. The van der Waals surface area contributed by atoms with Gasteiger partial charge < -0.3 is 9.88 Å². The molecule has 1 aromatic heterocycles. The van der Waals surface area contributed by atoms with Crippen molar-refractivity contribution in [2.75, 3.05) is 13.1 Å². The van der Waals surface area contributed by atoms with Crippen LogP contribution >= 0.6 is 11.6 Å². The van der Waals surface area contributed by atoms with Crippen LogP contribution in [-0.2, 0) is 0 Å². The van der Waals surface area contributed by atoms with Gasteiger partial charge in [-0.2, -0.15) is 0 Å². The van der Waals surface area contributed by atoms with Crippen molar-refractivity contribution in [3.8, 4) is 0 Å². The number of hydrogen-bond donors (Lipinski definition) is 1. The summed E-state index contributed by atoms with van der Waals surface area (Å²) in [6, 6.07) is 5.57. The first-order chi connectivity index (χ1) is 11.4. The number of nitrogens with one attached hydrogen (secondary N) is 1. The Bertz CT molecular complexity index is 829. The molecule has 2 heterocycles. The number of aromatic nitrogens is 2. The molecular weight excluding hydrogens is 333 g/mol. The molecule has 1 fully saturated rings. The number of carbonyl (C=O) groups excluding carboxylic acids is 1. The number of carbonyl (C=O) groups is 1. The first-order valence-corrected chi connectivity index (χ1v) is 8.14. The monoisotopic (exact) mass is 349 g/mol. The van der Waals surface area contributed by atoms with Crippen LogP contribution in [0.2, 0.25) is 5.02 Å². The lowest BCUT2D eigenvalue weighted by molar-refractivity contribution is 0.0707. The molecule has 0 saturated carbocycles. The first-order valence-electron chi connectivity index (χ1n) is 7.76. The molecule has 1 aromatic carbocycles. The van der Waals surface area contributed by atoms with Crippen LogP contribution in [-0.4, -0.2) is 33.9 Å². The standard InChI is InChI=1S/C17H17ClFN3O2/c1-10-20-15(9-16(23)21-10)11-4-6-22(7-5-11)17(24)13-3-2-12(18)8-14(13)19/h2-3,8-9,11H,4-7H2,1H3,(H,20,21,23). The topological polar surface area (TPSA) is 66.1 Å². The Morgan fingerprint density at radius 2 is 2.04 bits per heavy atom. The minimum absolute atomic E-state index is 0.0305. The highest BCUT2D eigenvalue weighted by molar-refractivity contribution is 6.30. The van der Waals surface area contributed by atoms with E-state index >= 15 is 0 Å². The van der Waals surface area contributed by atoms with Crippen molar-refractivity contribution in [2.24, 2.45) is 0 Å². The fourth-order valence-electron chi connectivity index (χ4n) is 3.02. The second-order valence-electron chi connectivity index (χ2n) is 5.95. The van der Waals surface area contributed by atoms with Gasteiger partial charge in [0.05, 0.1) is 11.3 Å². The van der Waals surface area contributed by atoms with Crippen LogP contribution < -0.4 is 5.56 Å². The number of amides is 1. The van der Waals surface area contributed by atoms with Crippen LogP contribution in [0, 0.1) is 12.7 Å². The molecule has 7 heteroatoms. The normalized spacial score (nSPS) is 15.5. The van der Waals surface area contributed by atoms with Crippen molar-refractivity contribution in [3.63, 3.8) is 0 Å². The average Bonchev–Trinajstić information content (AvgIpc) is 2.53. The maximum absolute atomic E-state index is 13.9. The molecule has 0 spiro atoms. The smallest absolute Gasteiger partial charge is 0.256 e. The van der Waals surface area contributed by atoms with Crippen molar-refractivity contribution in [1.29, 1.82) is 0 Å². The number of benzene rings is 1. The number of halogens is 2. The third-order valence-electron chi connectivity index (χ3n) is 4.24. The molecule has 2 aromatic rings. The molecule has 0 unspecified atom stereocenters. The zero-order valence-corrected chi connectivity index (χ0v) is 13.9. The second-order valence-corrected chi connectivity index (χ2v) is 6.38. The lowest BCUT2D eigenvalue weighted by Crippen LogP contribution is -2.38. The number of aromatic amines is 1. The van der Waals surface area contributed by atoms with Crippen LogP contribution in [0.5, 0.6) is 0 Å². The van der Waals surface area contributed by atoms with Crippen LogP contribution in [0.15, 0.2) is 29.1 Å².